The largest absolute Gasteiger partial charge is 0.313 e. The summed E-state index contributed by atoms with van der Waals surface area (Å²) < 4.78 is 2.71. The normalized spacial score (nSPS) is 13.2. The minimum atomic E-state index is -3.09. The van der Waals surface area contributed by atoms with Gasteiger partial charge in [-0.25, -0.2) is 0 Å². The average Bonchev–Trinajstić information content (AvgIpc) is 3.98. The molecule has 1 aromatic heterocycles. The Labute approximate surface area is 471 Å². The number of aryl methyl sites for hydroxylation is 6. The molecule has 0 saturated heterocycles. The van der Waals surface area contributed by atoms with Crippen molar-refractivity contribution in [1.82, 2.24) is 4.57 Å². The maximum absolute atomic E-state index is 3.09. The van der Waals surface area contributed by atoms with Gasteiger partial charge in [-0.1, -0.05) is 262 Å². The maximum Gasteiger partial charge on any atom is 0.247 e. The lowest BCUT2D eigenvalue weighted by Gasteiger charge is -2.45. The number of hydrogen-bond acceptors (Lipinski definition) is 1. The summed E-state index contributed by atoms with van der Waals surface area (Å²) in [6.45, 7) is 28.0. The van der Waals surface area contributed by atoms with Crippen LogP contribution in [0.25, 0.3) is 27.5 Å². The Bertz CT molecular complexity index is 3950. The highest BCUT2D eigenvalue weighted by atomic mass is 28.3. The van der Waals surface area contributed by atoms with Crippen LogP contribution in [-0.4, -0.2) is 26.1 Å². The monoisotopic (exact) mass is 1040 g/mol. The lowest BCUT2D eigenvalue weighted by atomic mass is 9.29. The summed E-state index contributed by atoms with van der Waals surface area (Å²) in [6.07, 6.45) is 0. The minimum Gasteiger partial charge on any atom is -0.313 e. The van der Waals surface area contributed by atoms with E-state index in [1.165, 1.54) is 143 Å². The third-order valence-electron chi connectivity index (χ3n) is 17.9. The first-order valence-corrected chi connectivity index (χ1v) is 30.6. The van der Waals surface area contributed by atoms with Crippen LogP contribution in [-0.2, 0) is 10.8 Å². The Hall–Kier alpha value is -7.85. The highest BCUT2D eigenvalue weighted by Crippen LogP contribution is 2.42. The zero-order valence-corrected chi connectivity index (χ0v) is 49.2. The molecule has 10 aromatic carbocycles. The molecule has 386 valence electrons. The quantitative estimate of drug-likeness (QED) is 0.114. The highest BCUT2D eigenvalue weighted by molar-refractivity contribution is 7.20. The molecule has 0 fully saturated rings. The lowest BCUT2D eigenvalue weighted by Crippen LogP contribution is -2.75. The molecular formula is C74H70B2N2Si. The Morgan fingerprint density at radius 2 is 0.785 bits per heavy atom. The molecule has 2 nitrogen and oxygen atoms in total. The molecule has 0 amide bonds. The van der Waals surface area contributed by atoms with Gasteiger partial charge in [0.15, 0.2) is 8.07 Å². The molecule has 2 aliphatic heterocycles. The molecular weight excluding hydrogens is 967 g/mol. The fourth-order valence-corrected chi connectivity index (χ4v) is 19.6. The predicted octanol–water partition coefficient (Wildman–Crippen LogP) is 11.7. The van der Waals surface area contributed by atoms with Gasteiger partial charge in [0.05, 0.1) is 11.0 Å². The third-order valence-corrected chi connectivity index (χ3v) is 22.7. The summed E-state index contributed by atoms with van der Waals surface area (Å²) in [5, 5.41) is 7.99. The van der Waals surface area contributed by atoms with Crippen LogP contribution < -0.4 is 58.4 Å². The second kappa shape index (κ2) is 18.6. The van der Waals surface area contributed by atoms with E-state index in [0.717, 1.165) is 0 Å². The summed E-state index contributed by atoms with van der Waals surface area (Å²) in [5.74, 6) is 0. The number of aromatic nitrogens is 1. The van der Waals surface area contributed by atoms with E-state index in [0.29, 0.717) is 0 Å². The van der Waals surface area contributed by atoms with Gasteiger partial charge in [-0.2, -0.15) is 0 Å². The summed E-state index contributed by atoms with van der Waals surface area (Å²) >= 11 is 0. The van der Waals surface area contributed by atoms with E-state index in [1.54, 1.807) is 0 Å². The first-order valence-electron chi connectivity index (χ1n) is 28.6. The fourth-order valence-electron chi connectivity index (χ4n) is 14.6. The SMILES string of the molecule is Cc1cc(C)c(B2c3cc(C(C)(C)C)ccc3N3c4ccc(C(C)(C)C)cc4B(c4c(C)cc(C)cc4C)c4cc(-n5c6ccccc6c6cccc([Si](c7ccccc7)(c7ccccc7)c7ccccc7)c65)cc2c43)c(C)c1. The van der Waals surface area contributed by atoms with Crippen LogP contribution in [0.4, 0.5) is 17.1 Å². The molecule has 11 aromatic rings. The van der Waals surface area contributed by atoms with Gasteiger partial charge in [0.1, 0.15) is 0 Å². The molecule has 0 atom stereocenters. The van der Waals surface area contributed by atoms with Gasteiger partial charge >= 0.3 is 0 Å². The summed E-state index contributed by atoms with van der Waals surface area (Å²) in [5.41, 5.74) is 26.2. The Morgan fingerprint density at radius 1 is 0.380 bits per heavy atom. The molecule has 0 radical (unpaired) electrons. The molecule has 0 bridgehead atoms. The smallest absolute Gasteiger partial charge is 0.247 e. The number of hydrogen-bond donors (Lipinski definition) is 0. The summed E-state index contributed by atoms with van der Waals surface area (Å²) in [7, 11) is -3.09. The van der Waals surface area contributed by atoms with Crippen LogP contribution in [0.15, 0.2) is 206 Å². The van der Waals surface area contributed by atoms with Crippen LogP contribution in [0.1, 0.15) is 86.1 Å². The summed E-state index contributed by atoms with van der Waals surface area (Å²) in [4.78, 5) is 2.69. The molecule has 0 aliphatic carbocycles. The van der Waals surface area contributed by atoms with E-state index in [4.69, 9.17) is 0 Å². The average molecular weight is 1040 g/mol. The molecule has 0 unspecified atom stereocenters. The second-order valence-electron chi connectivity index (χ2n) is 25.2. The van der Waals surface area contributed by atoms with Gasteiger partial charge in [-0.15, -0.1) is 0 Å². The van der Waals surface area contributed by atoms with Gasteiger partial charge < -0.3 is 9.47 Å². The molecule has 2 aliphatic rings. The zero-order chi connectivity index (χ0) is 54.9. The standard InChI is InChI=1S/C74H70B2N2Si/c1-47-39-49(3)69(50(4)40-47)75-61-43-53(73(7,8)9)35-37-66(61)78-67-38-36-54(74(10,11)12)44-62(67)76(70-51(5)41-48(2)42-52(70)6)64-46-55(45-63(75)72(64)78)77-65-33-23-22-31-59(65)60-32-24-34-68(71(60)77)79(56-25-16-13-17-26-56,57-27-18-14-19-28-57)58-29-20-15-21-30-58/h13-46H,1-12H3. The molecule has 0 saturated carbocycles. The molecule has 13 rings (SSSR count). The van der Waals surface area contributed by atoms with E-state index >= 15 is 0 Å². The molecule has 79 heavy (non-hydrogen) atoms. The highest BCUT2D eigenvalue weighted by Gasteiger charge is 2.47. The number of nitrogens with zero attached hydrogens (tertiary/aromatic N) is 2. The van der Waals surface area contributed by atoms with Gasteiger partial charge in [-0.05, 0) is 136 Å². The van der Waals surface area contributed by atoms with Crippen LogP contribution in [0.5, 0.6) is 0 Å². The van der Waals surface area contributed by atoms with Crippen LogP contribution in [0.3, 0.4) is 0 Å². The predicted molar refractivity (Wildman–Crippen MR) is 347 cm³/mol. The first kappa shape index (κ1) is 50.6. The Kier molecular flexibility index (Phi) is 11.9. The lowest BCUT2D eigenvalue weighted by molar-refractivity contribution is 0.590. The van der Waals surface area contributed by atoms with Gasteiger partial charge in [0.25, 0.3) is 0 Å². The van der Waals surface area contributed by atoms with Crippen molar-refractivity contribution >= 4 is 114 Å². The number of rotatable bonds is 7. The van der Waals surface area contributed by atoms with Crippen LogP contribution in [0, 0.1) is 41.5 Å². The maximum atomic E-state index is 2.71. The second-order valence-corrected chi connectivity index (χ2v) is 29.0. The molecule has 0 N–H and O–H groups in total. The fraction of sp³-hybridized carbons (Fsp3) is 0.189. The van der Waals surface area contributed by atoms with E-state index in [1.807, 2.05) is 0 Å². The van der Waals surface area contributed by atoms with E-state index in [9.17, 15) is 0 Å². The molecule has 5 heteroatoms. The number of anilines is 3. The number of benzene rings is 10. The van der Waals surface area contributed by atoms with Gasteiger partial charge in [-0.3, -0.25) is 0 Å². The Morgan fingerprint density at radius 3 is 1.22 bits per heavy atom. The topological polar surface area (TPSA) is 8.17 Å². The van der Waals surface area contributed by atoms with Crippen molar-refractivity contribution < 1.29 is 0 Å². The molecule has 0 spiro atoms. The molecule has 3 heterocycles. The van der Waals surface area contributed by atoms with E-state index in [-0.39, 0.29) is 24.3 Å². The number of para-hydroxylation sites is 2. The van der Waals surface area contributed by atoms with Crippen molar-refractivity contribution in [2.24, 2.45) is 0 Å². The Balaban J connectivity index is 1.25. The van der Waals surface area contributed by atoms with Crippen molar-refractivity contribution in [2.45, 2.75) is 93.9 Å². The van der Waals surface area contributed by atoms with E-state index < -0.39 is 8.07 Å². The van der Waals surface area contributed by atoms with Crippen molar-refractivity contribution in [3.63, 3.8) is 0 Å². The van der Waals surface area contributed by atoms with Crippen molar-refractivity contribution in [3.05, 3.63) is 251 Å². The zero-order valence-electron chi connectivity index (χ0n) is 48.2. The van der Waals surface area contributed by atoms with E-state index in [2.05, 4.69) is 299 Å². The van der Waals surface area contributed by atoms with Crippen molar-refractivity contribution in [3.8, 4) is 5.69 Å². The van der Waals surface area contributed by atoms with Gasteiger partial charge in [0, 0.05) is 33.5 Å². The van der Waals surface area contributed by atoms with Gasteiger partial charge in [0.2, 0.25) is 13.4 Å². The van der Waals surface area contributed by atoms with Crippen LogP contribution >= 0.6 is 0 Å². The van der Waals surface area contributed by atoms with Crippen molar-refractivity contribution in [1.29, 1.82) is 0 Å². The third kappa shape index (κ3) is 7.89. The summed E-state index contributed by atoms with van der Waals surface area (Å²) in [6, 6.07) is 80.7. The van der Waals surface area contributed by atoms with Crippen LogP contribution in [0.2, 0.25) is 0 Å². The first-order chi connectivity index (χ1) is 37.9. The van der Waals surface area contributed by atoms with Crippen molar-refractivity contribution in [2.75, 3.05) is 4.90 Å². The number of fused-ring (bicyclic) bond motifs is 7. The minimum absolute atomic E-state index is 0.0573.